The lowest BCUT2D eigenvalue weighted by molar-refractivity contribution is -0.147. The number of esters is 1. The highest BCUT2D eigenvalue weighted by Crippen LogP contribution is 2.29. The molecular weight excluding hydrogens is 323 g/mol. The largest absolute Gasteiger partial charge is 0.480 e. The Labute approximate surface area is 130 Å². The van der Waals surface area contributed by atoms with E-state index in [1.54, 1.807) is 6.07 Å². The predicted molar refractivity (Wildman–Crippen MR) is 76.7 cm³/mol. The number of ether oxygens (including phenoxy) is 1. The molecule has 1 rings (SSSR count). The molecular formula is C12H12Cl2N2O5. The lowest BCUT2D eigenvalue weighted by Gasteiger charge is -2.14. The number of urea groups is 1. The van der Waals surface area contributed by atoms with Crippen LogP contribution in [0.5, 0.6) is 0 Å². The molecule has 114 valence electrons. The maximum absolute atomic E-state index is 11.7. The van der Waals surface area contributed by atoms with Gasteiger partial charge < -0.3 is 20.5 Å². The first-order valence-corrected chi connectivity index (χ1v) is 6.42. The van der Waals surface area contributed by atoms with E-state index in [9.17, 15) is 14.4 Å². The third kappa shape index (κ3) is 5.13. The monoisotopic (exact) mass is 334 g/mol. The normalized spacial score (nSPS) is 11.4. The molecule has 3 N–H and O–H groups in total. The second kappa shape index (κ2) is 7.70. The van der Waals surface area contributed by atoms with Crippen LogP contribution in [0.1, 0.15) is 6.42 Å². The van der Waals surface area contributed by atoms with Crippen molar-refractivity contribution in [2.45, 2.75) is 12.5 Å². The van der Waals surface area contributed by atoms with E-state index in [2.05, 4.69) is 15.4 Å². The lowest BCUT2D eigenvalue weighted by Crippen LogP contribution is -2.44. The van der Waals surface area contributed by atoms with E-state index >= 15 is 0 Å². The Bertz CT molecular complexity index is 565. The van der Waals surface area contributed by atoms with Gasteiger partial charge in [-0.2, -0.15) is 0 Å². The van der Waals surface area contributed by atoms with Gasteiger partial charge in [0.05, 0.1) is 29.3 Å². The summed E-state index contributed by atoms with van der Waals surface area (Å²) >= 11 is 11.7. The third-order valence-electron chi connectivity index (χ3n) is 2.40. The highest BCUT2D eigenvalue weighted by atomic mass is 35.5. The van der Waals surface area contributed by atoms with Gasteiger partial charge in [0.15, 0.2) is 0 Å². The average Bonchev–Trinajstić information content (AvgIpc) is 2.42. The van der Waals surface area contributed by atoms with Gasteiger partial charge in [-0.3, -0.25) is 4.79 Å². The molecule has 0 aliphatic carbocycles. The minimum absolute atomic E-state index is 0.120. The van der Waals surface area contributed by atoms with Crippen molar-refractivity contribution >= 4 is 46.9 Å². The molecule has 0 aliphatic rings. The number of benzene rings is 1. The van der Waals surface area contributed by atoms with Crippen LogP contribution in [0.3, 0.4) is 0 Å². The highest BCUT2D eigenvalue weighted by Gasteiger charge is 2.24. The van der Waals surface area contributed by atoms with Gasteiger partial charge in [0, 0.05) is 0 Å². The van der Waals surface area contributed by atoms with E-state index in [-0.39, 0.29) is 15.7 Å². The molecule has 0 unspecified atom stereocenters. The van der Waals surface area contributed by atoms with Crippen molar-refractivity contribution in [3.8, 4) is 0 Å². The molecule has 1 aromatic rings. The fourth-order valence-corrected chi connectivity index (χ4v) is 1.71. The van der Waals surface area contributed by atoms with Gasteiger partial charge in [-0.25, -0.2) is 9.59 Å². The quantitative estimate of drug-likeness (QED) is 0.715. The zero-order valence-electron chi connectivity index (χ0n) is 10.9. The molecule has 0 aliphatic heterocycles. The number of methoxy groups -OCH3 is 1. The average molecular weight is 335 g/mol. The third-order valence-corrected chi connectivity index (χ3v) is 3.22. The molecule has 0 aromatic heterocycles. The number of hydrogen-bond acceptors (Lipinski definition) is 4. The molecule has 0 saturated carbocycles. The van der Waals surface area contributed by atoms with Crippen molar-refractivity contribution in [3.63, 3.8) is 0 Å². The van der Waals surface area contributed by atoms with Gasteiger partial charge in [0.25, 0.3) is 0 Å². The molecule has 0 heterocycles. The molecule has 1 aromatic carbocycles. The van der Waals surface area contributed by atoms with Crippen LogP contribution < -0.4 is 10.6 Å². The van der Waals surface area contributed by atoms with Crippen molar-refractivity contribution in [1.29, 1.82) is 0 Å². The topological polar surface area (TPSA) is 105 Å². The van der Waals surface area contributed by atoms with Gasteiger partial charge in [-0.15, -0.1) is 0 Å². The van der Waals surface area contributed by atoms with Crippen molar-refractivity contribution < 1.29 is 24.2 Å². The Hall–Kier alpha value is -1.99. The van der Waals surface area contributed by atoms with Crippen LogP contribution in [0.4, 0.5) is 10.5 Å². The van der Waals surface area contributed by atoms with E-state index in [1.165, 1.54) is 12.1 Å². The summed E-state index contributed by atoms with van der Waals surface area (Å²) in [5.41, 5.74) is 0.212. The first-order valence-electron chi connectivity index (χ1n) is 5.66. The number of hydrogen-bond donors (Lipinski definition) is 3. The first kappa shape index (κ1) is 17.1. The van der Waals surface area contributed by atoms with Crippen molar-refractivity contribution in [2.75, 3.05) is 12.4 Å². The van der Waals surface area contributed by atoms with E-state index in [0.717, 1.165) is 7.11 Å². The second-order valence-corrected chi connectivity index (χ2v) is 4.66. The summed E-state index contributed by atoms with van der Waals surface area (Å²) in [5, 5.41) is 13.8. The number of anilines is 1. The fraction of sp³-hybridized carbons (Fsp3) is 0.250. The number of nitrogens with one attached hydrogen (secondary N) is 2. The van der Waals surface area contributed by atoms with E-state index in [1.807, 2.05) is 0 Å². The van der Waals surface area contributed by atoms with Crippen LogP contribution in [0.25, 0.3) is 0 Å². The zero-order valence-corrected chi connectivity index (χ0v) is 12.4. The van der Waals surface area contributed by atoms with Gasteiger partial charge >= 0.3 is 18.0 Å². The Morgan fingerprint density at radius 2 is 2.00 bits per heavy atom. The SMILES string of the molecule is COC(=O)C[C@H](NC(=O)Nc1cccc(Cl)c1Cl)C(=O)O. The number of aliphatic carboxylic acids is 1. The predicted octanol–water partition coefficient (Wildman–Crippen LogP) is 2.13. The summed E-state index contributed by atoms with van der Waals surface area (Å²) in [4.78, 5) is 33.8. The summed E-state index contributed by atoms with van der Waals surface area (Å²) in [6, 6.07) is 2.33. The summed E-state index contributed by atoms with van der Waals surface area (Å²) in [6.45, 7) is 0. The number of halogens is 2. The summed E-state index contributed by atoms with van der Waals surface area (Å²) in [6.07, 6.45) is -0.497. The van der Waals surface area contributed by atoms with Crippen molar-refractivity contribution in [3.05, 3.63) is 28.2 Å². The molecule has 2 amide bonds. The molecule has 0 fully saturated rings. The van der Waals surface area contributed by atoms with Crippen LogP contribution in [-0.4, -0.2) is 36.2 Å². The smallest absolute Gasteiger partial charge is 0.326 e. The molecule has 1 atom stereocenters. The number of carboxylic acid groups (broad SMARTS) is 1. The minimum atomic E-state index is -1.42. The highest BCUT2D eigenvalue weighted by molar-refractivity contribution is 6.43. The van der Waals surface area contributed by atoms with E-state index in [4.69, 9.17) is 28.3 Å². The van der Waals surface area contributed by atoms with Crippen LogP contribution in [0, 0.1) is 0 Å². The number of rotatable bonds is 5. The van der Waals surface area contributed by atoms with Crippen molar-refractivity contribution in [1.82, 2.24) is 5.32 Å². The molecule has 0 radical (unpaired) electrons. The molecule has 21 heavy (non-hydrogen) atoms. The first-order chi connectivity index (χ1) is 9.85. The number of carbonyl (C=O) groups is 3. The molecule has 7 nitrogen and oxygen atoms in total. The Balaban J connectivity index is 2.72. The van der Waals surface area contributed by atoms with E-state index in [0.29, 0.717) is 0 Å². The molecule has 0 bridgehead atoms. The van der Waals surface area contributed by atoms with Crippen LogP contribution in [-0.2, 0) is 14.3 Å². The number of carbonyl (C=O) groups excluding carboxylic acids is 2. The zero-order chi connectivity index (χ0) is 16.0. The Morgan fingerprint density at radius 1 is 1.33 bits per heavy atom. The number of carboxylic acids is 1. The maximum atomic E-state index is 11.7. The fourth-order valence-electron chi connectivity index (χ4n) is 1.37. The molecule has 0 saturated heterocycles. The summed E-state index contributed by atoms with van der Waals surface area (Å²) in [7, 11) is 1.12. The second-order valence-electron chi connectivity index (χ2n) is 3.87. The molecule has 0 spiro atoms. The number of amides is 2. The Morgan fingerprint density at radius 3 is 2.57 bits per heavy atom. The van der Waals surface area contributed by atoms with Crippen LogP contribution in [0.15, 0.2) is 18.2 Å². The standard InChI is InChI=1S/C12H12Cl2N2O5/c1-21-9(17)5-8(11(18)19)16-12(20)15-7-4-2-3-6(13)10(7)14/h2-4,8H,5H2,1H3,(H,18,19)(H2,15,16,20)/t8-/m0/s1. The Kier molecular flexibility index (Phi) is 6.26. The van der Waals surface area contributed by atoms with Crippen molar-refractivity contribution in [2.24, 2.45) is 0 Å². The lowest BCUT2D eigenvalue weighted by atomic mass is 10.2. The summed E-state index contributed by atoms with van der Waals surface area (Å²) < 4.78 is 4.35. The summed E-state index contributed by atoms with van der Waals surface area (Å²) in [5.74, 6) is -2.13. The van der Waals surface area contributed by atoms with E-state index < -0.39 is 30.4 Å². The minimum Gasteiger partial charge on any atom is -0.480 e. The maximum Gasteiger partial charge on any atom is 0.326 e. The van der Waals surface area contributed by atoms with Crippen LogP contribution in [0.2, 0.25) is 10.0 Å². The van der Waals surface area contributed by atoms with Gasteiger partial charge in [-0.05, 0) is 12.1 Å². The van der Waals surface area contributed by atoms with Gasteiger partial charge in [0.2, 0.25) is 0 Å². The molecule has 9 heteroatoms. The van der Waals surface area contributed by atoms with Gasteiger partial charge in [0.1, 0.15) is 6.04 Å². The van der Waals surface area contributed by atoms with Gasteiger partial charge in [-0.1, -0.05) is 29.3 Å². The van der Waals surface area contributed by atoms with Crippen LogP contribution >= 0.6 is 23.2 Å².